The maximum atomic E-state index is 12.1. The highest BCUT2D eigenvalue weighted by atomic mass is 16.2. The Hall–Kier alpha value is -2.66. The topological polar surface area (TPSA) is 61.4 Å². The van der Waals surface area contributed by atoms with Crippen molar-refractivity contribution in [2.45, 2.75) is 52.6 Å². The molecule has 1 fully saturated rings. The van der Waals surface area contributed by atoms with Gasteiger partial charge in [-0.15, -0.1) is 0 Å². The van der Waals surface area contributed by atoms with Crippen LogP contribution in [0, 0.1) is 12.8 Å². The Morgan fingerprint density at radius 2 is 1.61 bits per heavy atom. The average Bonchev–Trinajstić information content (AvgIpc) is 2.77. The number of amides is 2. The molecule has 1 atom stereocenters. The molecule has 1 saturated heterocycles. The molecule has 0 aromatic heterocycles. The van der Waals surface area contributed by atoms with Crippen LogP contribution in [0.15, 0.2) is 48.5 Å². The number of aryl methyl sites for hydroxylation is 2. The molecule has 1 heterocycles. The summed E-state index contributed by atoms with van der Waals surface area (Å²) in [6, 6.07) is 16.6. The molecule has 0 bridgehead atoms. The summed E-state index contributed by atoms with van der Waals surface area (Å²) < 4.78 is 0. The molecule has 2 N–H and O–H groups in total. The number of carbonyl (C=O) groups is 2. The van der Waals surface area contributed by atoms with Gasteiger partial charge in [0, 0.05) is 26.1 Å². The van der Waals surface area contributed by atoms with E-state index in [0.29, 0.717) is 19.4 Å². The van der Waals surface area contributed by atoms with Crippen molar-refractivity contribution in [1.29, 1.82) is 0 Å². The first-order chi connectivity index (χ1) is 15.0. The highest BCUT2D eigenvalue weighted by Gasteiger charge is 2.16. The minimum Gasteiger partial charge on any atom is -0.350 e. The Kier molecular flexibility index (Phi) is 8.65. The van der Waals surface area contributed by atoms with E-state index in [0.717, 1.165) is 23.6 Å². The number of hydrogen-bond donors (Lipinski definition) is 2. The standard InChI is InChI=1S/C26H35N3O2/c1-20-5-7-22(8-6-20)13-14-25(30)28-17-26(31)27-16-23-9-11-24(12-10-23)19-29-15-3-4-21(2)18-29/h5-12,21H,3-4,13-19H2,1-2H3,(H,27,31)(H,28,30). The third-order valence-electron chi connectivity index (χ3n) is 5.87. The van der Waals surface area contributed by atoms with Crippen molar-refractivity contribution in [2.75, 3.05) is 19.6 Å². The molecule has 5 heteroatoms. The number of likely N-dealkylation sites (tertiary alicyclic amines) is 1. The maximum absolute atomic E-state index is 12.1. The largest absolute Gasteiger partial charge is 0.350 e. The Morgan fingerprint density at radius 1 is 0.935 bits per heavy atom. The average molecular weight is 422 g/mol. The Morgan fingerprint density at radius 3 is 2.32 bits per heavy atom. The van der Waals surface area contributed by atoms with Gasteiger partial charge < -0.3 is 10.6 Å². The van der Waals surface area contributed by atoms with Crippen molar-refractivity contribution >= 4 is 11.8 Å². The molecule has 1 aliphatic heterocycles. The minimum absolute atomic E-state index is 0.0119. The van der Waals surface area contributed by atoms with Gasteiger partial charge in [-0.05, 0) is 55.3 Å². The lowest BCUT2D eigenvalue weighted by atomic mass is 9.99. The lowest BCUT2D eigenvalue weighted by Gasteiger charge is -2.30. The van der Waals surface area contributed by atoms with E-state index in [9.17, 15) is 9.59 Å². The van der Waals surface area contributed by atoms with E-state index in [-0.39, 0.29) is 18.4 Å². The molecule has 1 unspecified atom stereocenters. The summed E-state index contributed by atoms with van der Waals surface area (Å²) in [4.78, 5) is 26.6. The zero-order valence-corrected chi connectivity index (χ0v) is 18.8. The van der Waals surface area contributed by atoms with Crippen molar-refractivity contribution in [2.24, 2.45) is 5.92 Å². The first kappa shape index (κ1) is 23.0. The van der Waals surface area contributed by atoms with Crippen LogP contribution in [0.4, 0.5) is 0 Å². The molecular formula is C26H35N3O2. The number of carbonyl (C=O) groups excluding carboxylic acids is 2. The van der Waals surface area contributed by atoms with E-state index in [1.54, 1.807) is 0 Å². The molecule has 2 aromatic rings. The highest BCUT2D eigenvalue weighted by molar-refractivity contribution is 5.84. The van der Waals surface area contributed by atoms with Crippen molar-refractivity contribution in [3.63, 3.8) is 0 Å². The van der Waals surface area contributed by atoms with Gasteiger partial charge in [-0.1, -0.05) is 61.0 Å². The molecule has 2 aromatic carbocycles. The predicted molar refractivity (Wildman–Crippen MR) is 124 cm³/mol. The molecule has 3 rings (SSSR count). The fourth-order valence-corrected chi connectivity index (χ4v) is 3.99. The van der Waals surface area contributed by atoms with Crippen LogP contribution in [0.3, 0.4) is 0 Å². The second kappa shape index (κ2) is 11.7. The molecular weight excluding hydrogens is 386 g/mol. The SMILES string of the molecule is Cc1ccc(CCC(=O)NCC(=O)NCc2ccc(CN3CCCC(C)C3)cc2)cc1. The van der Waals surface area contributed by atoms with Gasteiger partial charge in [0.2, 0.25) is 11.8 Å². The first-order valence-electron chi connectivity index (χ1n) is 11.4. The second-order valence-corrected chi connectivity index (χ2v) is 8.84. The second-order valence-electron chi connectivity index (χ2n) is 8.84. The van der Waals surface area contributed by atoms with Crippen LogP contribution in [0.2, 0.25) is 0 Å². The van der Waals surface area contributed by atoms with E-state index in [1.165, 1.54) is 37.1 Å². The van der Waals surface area contributed by atoms with Gasteiger partial charge >= 0.3 is 0 Å². The van der Waals surface area contributed by atoms with E-state index < -0.39 is 0 Å². The van der Waals surface area contributed by atoms with Gasteiger partial charge in [-0.2, -0.15) is 0 Å². The predicted octanol–water partition coefficient (Wildman–Crippen LogP) is 3.59. The van der Waals surface area contributed by atoms with Crippen LogP contribution < -0.4 is 10.6 Å². The quantitative estimate of drug-likeness (QED) is 0.650. The molecule has 2 amide bonds. The summed E-state index contributed by atoms with van der Waals surface area (Å²) in [6.45, 7) is 8.19. The van der Waals surface area contributed by atoms with Crippen LogP contribution in [0.25, 0.3) is 0 Å². The molecule has 5 nitrogen and oxygen atoms in total. The monoisotopic (exact) mass is 421 g/mol. The molecule has 1 aliphatic rings. The summed E-state index contributed by atoms with van der Waals surface area (Å²) in [5.74, 6) is 0.508. The summed E-state index contributed by atoms with van der Waals surface area (Å²) in [7, 11) is 0. The van der Waals surface area contributed by atoms with Gasteiger partial charge in [0.05, 0.1) is 6.54 Å². The zero-order chi connectivity index (χ0) is 22.1. The Bertz CT molecular complexity index is 846. The lowest BCUT2D eigenvalue weighted by molar-refractivity contribution is -0.126. The normalized spacial score (nSPS) is 16.6. The summed E-state index contributed by atoms with van der Waals surface area (Å²) in [5, 5.41) is 5.58. The molecule has 0 saturated carbocycles. The number of rotatable bonds is 9. The number of piperidine rings is 1. The van der Waals surface area contributed by atoms with Crippen molar-refractivity contribution < 1.29 is 9.59 Å². The lowest BCUT2D eigenvalue weighted by Crippen LogP contribution is -2.36. The van der Waals surface area contributed by atoms with Crippen molar-refractivity contribution in [3.05, 3.63) is 70.8 Å². The summed E-state index contributed by atoms with van der Waals surface area (Å²) >= 11 is 0. The van der Waals surface area contributed by atoms with Gasteiger partial charge in [-0.25, -0.2) is 0 Å². The molecule has 0 aliphatic carbocycles. The fourth-order valence-electron chi connectivity index (χ4n) is 3.99. The van der Waals surface area contributed by atoms with Crippen molar-refractivity contribution in [3.8, 4) is 0 Å². The number of nitrogens with one attached hydrogen (secondary N) is 2. The number of hydrogen-bond acceptors (Lipinski definition) is 3. The maximum Gasteiger partial charge on any atom is 0.239 e. The molecule has 0 spiro atoms. The van der Waals surface area contributed by atoms with Gasteiger partial charge in [0.15, 0.2) is 0 Å². The third kappa shape index (κ3) is 8.18. The van der Waals surface area contributed by atoms with Crippen LogP contribution in [-0.2, 0) is 29.1 Å². The highest BCUT2D eigenvalue weighted by Crippen LogP contribution is 2.18. The van der Waals surface area contributed by atoms with E-state index in [4.69, 9.17) is 0 Å². The smallest absolute Gasteiger partial charge is 0.239 e. The Labute approximate surface area is 186 Å². The number of benzene rings is 2. The Balaban J connectivity index is 1.32. The zero-order valence-electron chi connectivity index (χ0n) is 18.8. The van der Waals surface area contributed by atoms with Crippen LogP contribution >= 0.6 is 0 Å². The molecule has 31 heavy (non-hydrogen) atoms. The molecule has 166 valence electrons. The minimum atomic E-state index is -0.171. The van der Waals surface area contributed by atoms with E-state index in [1.807, 2.05) is 31.2 Å². The van der Waals surface area contributed by atoms with Gasteiger partial charge in [0.25, 0.3) is 0 Å². The van der Waals surface area contributed by atoms with E-state index in [2.05, 4.69) is 46.7 Å². The number of nitrogens with zero attached hydrogens (tertiary/aromatic N) is 1. The van der Waals surface area contributed by atoms with Gasteiger partial charge in [-0.3, -0.25) is 14.5 Å². The summed E-state index contributed by atoms with van der Waals surface area (Å²) in [6.07, 6.45) is 3.68. The first-order valence-corrected chi connectivity index (χ1v) is 11.4. The van der Waals surface area contributed by atoms with Crippen LogP contribution in [0.1, 0.15) is 48.4 Å². The molecule has 0 radical (unpaired) electrons. The van der Waals surface area contributed by atoms with Crippen molar-refractivity contribution in [1.82, 2.24) is 15.5 Å². The summed E-state index contributed by atoms with van der Waals surface area (Å²) in [5.41, 5.74) is 4.71. The third-order valence-corrected chi connectivity index (χ3v) is 5.87. The van der Waals surface area contributed by atoms with E-state index >= 15 is 0 Å². The van der Waals surface area contributed by atoms with Crippen LogP contribution in [-0.4, -0.2) is 36.3 Å². The van der Waals surface area contributed by atoms with Gasteiger partial charge in [0.1, 0.15) is 0 Å². The van der Waals surface area contributed by atoms with Crippen LogP contribution in [0.5, 0.6) is 0 Å². The fraction of sp³-hybridized carbons (Fsp3) is 0.462.